The molecule has 2 aliphatic rings. The van der Waals surface area contributed by atoms with Crippen LogP contribution in [0.15, 0.2) is 42.6 Å². The van der Waals surface area contributed by atoms with Crippen molar-refractivity contribution in [3.63, 3.8) is 0 Å². The van der Waals surface area contributed by atoms with Crippen molar-refractivity contribution < 1.29 is 14.4 Å². The molecule has 0 bridgehead atoms. The van der Waals surface area contributed by atoms with Gasteiger partial charge in [-0.15, -0.1) is 11.3 Å². The first-order valence-electron chi connectivity index (χ1n) is 11.9. The van der Waals surface area contributed by atoms with E-state index in [2.05, 4.69) is 22.1 Å². The Morgan fingerprint density at radius 3 is 2.71 bits per heavy atom. The molecule has 2 aromatic carbocycles. The van der Waals surface area contributed by atoms with Crippen molar-refractivity contribution >= 4 is 39.9 Å². The van der Waals surface area contributed by atoms with Crippen molar-refractivity contribution in [1.29, 1.82) is 0 Å². The molecule has 7 nitrogen and oxygen atoms in total. The minimum absolute atomic E-state index is 0.238. The second kappa shape index (κ2) is 9.36. The Balaban J connectivity index is 1.32. The molecule has 3 heterocycles. The van der Waals surface area contributed by atoms with Crippen LogP contribution in [0.1, 0.15) is 73.3 Å². The maximum absolute atomic E-state index is 13.2. The Labute approximate surface area is 208 Å². The zero-order chi connectivity index (χ0) is 24.7. The van der Waals surface area contributed by atoms with E-state index < -0.39 is 5.91 Å². The third kappa shape index (κ3) is 4.39. The standard InChI is InChI=1S/C27H28N4O3S/c1-16-7-6-9-23(18(16)3)31-25(33)21-11-10-19(13-22(21)26(31)34)24(32)29-27-28-14-20(35-27)15-30-12-5-4-8-17(30)2/h6-7,9-11,13-14,17H,4-5,8,12,15H2,1-3H3,(H,28,29,32). The molecule has 0 aliphatic carbocycles. The van der Waals surface area contributed by atoms with Crippen molar-refractivity contribution in [2.24, 2.45) is 0 Å². The molecule has 1 atom stereocenters. The lowest BCUT2D eigenvalue weighted by molar-refractivity contribution is 0.0925. The Morgan fingerprint density at radius 1 is 1.11 bits per heavy atom. The quantitative estimate of drug-likeness (QED) is 0.500. The largest absolute Gasteiger partial charge is 0.298 e. The number of rotatable bonds is 5. The molecule has 0 saturated carbocycles. The van der Waals surface area contributed by atoms with Crippen LogP contribution in [-0.2, 0) is 6.54 Å². The number of benzene rings is 2. The highest BCUT2D eigenvalue weighted by atomic mass is 32.1. The topological polar surface area (TPSA) is 82.6 Å². The normalized spacial score (nSPS) is 18.1. The second-order valence-electron chi connectivity index (χ2n) is 9.33. The zero-order valence-corrected chi connectivity index (χ0v) is 20.9. The van der Waals surface area contributed by atoms with Crippen LogP contribution in [0, 0.1) is 13.8 Å². The Bertz CT molecular complexity index is 1330. The highest BCUT2D eigenvalue weighted by molar-refractivity contribution is 7.15. The van der Waals surface area contributed by atoms with E-state index in [1.54, 1.807) is 18.2 Å². The van der Waals surface area contributed by atoms with Crippen LogP contribution in [0.25, 0.3) is 0 Å². The van der Waals surface area contributed by atoms with Crippen LogP contribution in [0.5, 0.6) is 0 Å². The van der Waals surface area contributed by atoms with E-state index in [-0.39, 0.29) is 17.4 Å². The minimum atomic E-state index is -0.416. The third-order valence-corrected chi connectivity index (χ3v) is 7.94. The number of amides is 3. The molecule has 1 unspecified atom stereocenters. The number of hydrogen-bond donors (Lipinski definition) is 1. The Hall–Kier alpha value is -3.36. The number of anilines is 2. The summed E-state index contributed by atoms with van der Waals surface area (Å²) in [6.07, 6.45) is 5.52. The number of hydrogen-bond acceptors (Lipinski definition) is 6. The van der Waals surface area contributed by atoms with Crippen LogP contribution in [-0.4, -0.2) is 40.2 Å². The maximum atomic E-state index is 13.2. The van der Waals surface area contributed by atoms with Gasteiger partial charge in [0, 0.05) is 29.2 Å². The van der Waals surface area contributed by atoms with Gasteiger partial charge in [0.15, 0.2) is 5.13 Å². The van der Waals surface area contributed by atoms with E-state index in [0.29, 0.717) is 28.0 Å². The lowest BCUT2D eigenvalue weighted by Gasteiger charge is -2.32. The van der Waals surface area contributed by atoms with Crippen LogP contribution in [0.4, 0.5) is 10.8 Å². The van der Waals surface area contributed by atoms with E-state index in [0.717, 1.165) is 29.1 Å². The van der Waals surface area contributed by atoms with Gasteiger partial charge in [0.1, 0.15) is 0 Å². The molecule has 8 heteroatoms. The van der Waals surface area contributed by atoms with E-state index in [1.165, 1.54) is 41.6 Å². The second-order valence-corrected chi connectivity index (χ2v) is 10.4. The van der Waals surface area contributed by atoms with Gasteiger partial charge in [-0.3, -0.25) is 24.6 Å². The van der Waals surface area contributed by atoms with Gasteiger partial charge in [-0.2, -0.15) is 0 Å². The van der Waals surface area contributed by atoms with E-state index >= 15 is 0 Å². The number of carbonyl (C=O) groups excluding carboxylic acids is 3. The average Bonchev–Trinajstić information content (AvgIpc) is 3.38. The average molecular weight is 489 g/mol. The van der Waals surface area contributed by atoms with Crippen molar-refractivity contribution in [1.82, 2.24) is 9.88 Å². The number of likely N-dealkylation sites (tertiary alicyclic amines) is 1. The third-order valence-electron chi connectivity index (χ3n) is 7.04. The molecular weight excluding hydrogens is 460 g/mol. The van der Waals surface area contributed by atoms with Gasteiger partial charge in [0.05, 0.1) is 16.8 Å². The first kappa shape index (κ1) is 23.4. The number of nitrogens with zero attached hydrogens (tertiary/aromatic N) is 3. The summed E-state index contributed by atoms with van der Waals surface area (Å²) in [5.41, 5.74) is 3.30. The molecule has 3 amide bonds. The van der Waals surface area contributed by atoms with Gasteiger partial charge in [-0.25, -0.2) is 9.88 Å². The summed E-state index contributed by atoms with van der Waals surface area (Å²) >= 11 is 1.46. The van der Waals surface area contributed by atoms with E-state index in [9.17, 15) is 14.4 Å². The highest BCUT2D eigenvalue weighted by Crippen LogP contribution is 2.32. The number of piperidine rings is 1. The fraction of sp³-hybridized carbons (Fsp3) is 0.333. The molecule has 2 aliphatic heterocycles. The van der Waals surface area contributed by atoms with Crippen molar-refractivity contribution in [2.45, 2.75) is 52.6 Å². The number of fused-ring (bicyclic) bond motifs is 1. The smallest absolute Gasteiger partial charge is 0.266 e. The van der Waals surface area contributed by atoms with Gasteiger partial charge >= 0.3 is 0 Å². The molecule has 3 aromatic rings. The van der Waals surface area contributed by atoms with Crippen molar-refractivity contribution in [3.8, 4) is 0 Å². The molecule has 1 aromatic heterocycles. The number of aryl methyl sites for hydroxylation is 1. The fourth-order valence-electron chi connectivity index (χ4n) is 4.78. The molecule has 0 spiro atoms. The summed E-state index contributed by atoms with van der Waals surface area (Å²) in [7, 11) is 0. The monoisotopic (exact) mass is 488 g/mol. The van der Waals surface area contributed by atoms with Gasteiger partial charge in [0.25, 0.3) is 17.7 Å². The summed E-state index contributed by atoms with van der Waals surface area (Å²) in [6.45, 7) is 8.00. The summed E-state index contributed by atoms with van der Waals surface area (Å²) in [4.78, 5) is 48.3. The predicted molar refractivity (Wildman–Crippen MR) is 137 cm³/mol. The fourth-order valence-corrected chi connectivity index (χ4v) is 5.61. The Morgan fingerprint density at radius 2 is 1.91 bits per heavy atom. The lowest BCUT2D eigenvalue weighted by Crippen LogP contribution is -2.36. The van der Waals surface area contributed by atoms with Crippen LogP contribution in [0.3, 0.4) is 0 Å². The van der Waals surface area contributed by atoms with E-state index in [4.69, 9.17) is 0 Å². The summed E-state index contributed by atoms with van der Waals surface area (Å²) < 4.78 is 0. The number of carbonyl (C=O) groups is 3. The maximum Gasteiger partial charge on any atom is 0.266 e. The molecule has 180 valence electrons. The van der Waals surface area contributed by atoms with Gasteiger partial charge in [-0.1, -0.05) is 18.6 Å². The first-order chi connectivity index (χ1) is 16.8. The lowest BCUT2D eigenvalue weighted by atomic mass is 10.0. The zero-order valence-electron chi connectivity index (χ0n) is 20.1. The van der Waals surface area contributed by atoms with E-state index in [1.807, 2.05) is 32.2 Å². The molecule has 1 fully saturated rings. The van der Waals surface area contributed by atoms with Gasteiger partial charge in [0.2, 0.25) is 0 Å². The highest BCUT2D eigenvalue weighted by Gasteiger charge is 2.38. The number of nitrogens with one attached hydrogen (secondary N) is 1. The predicted octanol–water partition coefficient (Wildman–Crippen LogP) is 5.19. The van der Waals surface area contributed by atoms with Gasteiger partial charge in [-0.05, 0) is 75.5 Å². The number of imide groups is 1. The minimum Gasteiger partial charge on any atom is -0.298 e. The Kier molecular flexibility index (Phi) is 6.25. The first-order valence-corrected chi connectivity index (χ1v) is 12.7. The summed E-state index contributed by atoms with van der Waals surface area (Å²) in [5, 5.41) is 3.37. The molecule has 35 heavy (non-hydrogen) atoms. The molecule has 5 rings (SSSR count). The molecule has 1 N–H and O–H groups in total. The van der Waals surface area contributed by atoms with Crippen LogP contribution < -0.4 is 10.2 Å². The van der Waals surface area contributed by atoms with Crippen molar-refractivity contribution in [3.05, 3.63) is 75.3 Å². The number of thiazole rings is 1. The summed E-state index contributed by atoms with van der Waals surface area (Å²) in [6, 6.07) is 10.7. The van der Waals surface area contributed by atoms with Crippen LogP contribution in [0.2, 0.25) is 0 Å². The molecular formula is C27H28N4O3S. The molecule has 1 saturated heterocycles. The van der Waals surface area contributed by atoms with Gasteiger partial charge < -0.3 is 0 Å². The summed E-state index contributed by atoms with van der Waals surface area (Å²) in [5.74, 6) is -1.15. The number of aromatic nitrogens is 1. The van der Waals surface area contributed by atoms with Crippen LogP contribution >= 0.6 is 11.3 Å². The molecule has 0 radical (unpaired) electrons. The van der Waals surface area contributed by atoms with Crippen molar-refractivity contribution in [2.75, 3.05) is 16.8 Å². The SMILES string of the molecule is Cc1cccc(N2C(=O)c3ccc(C(=O)Nc4ncc(CN5CCCCC5C)s4)cc3C2=O)c1C.